The minimum atomic E-state index is -0.978. The van der Waals surface area contributed by atoms with Crippen molar-refractivity contribution < 1.29 is 37.6 Å². The molecule has 2 aliphatic heterocycles. The molecule has 0 radical (unpaired) electrons. The average Bonchev–Trinajstić information content (AvgIpc) is 3.12. The summed E-state index contributed by atoms with van der Waals surface area (Å²) >= 11 is 0. The summed E-state index contributed by atoms with van der Waals surface area (Å²) in [6.45, 7) is 0.778. The number of anilines is 1. The Morgan fingerprint density at radius 3 is 2.66 bits per heavy atom. The number of ether oxygens (including phenoxy) is 2. The van der Waals surface area contributed by atoms with Crippen LogP contribution in [0.2, 0.25) is 0 Å². The van der Waals surface area contributed by atoms with E-state index in [2.05, 4.69) is 5.32 Å². The number of methoxy groups -OCH3 is 1. The molecule has 2 heterocycles. The van der Waals surface area contributed by atoms with E-state index in [4.69, 9.17) is 14.3 Å². The number of benzene rings is 2. The molecule has 1 N–H and O–H groups in total. The highest BCUT2D eigenvalue weighted by Crippen LogP contribution is 2.35. The molecule has 4 rings (SSSR count). The molecule has 11 nitrogen and oxygen atoms in total. The van der Waals surface area contributed by atoms with E-state index < -0.39 is 34.3 Å². The Hall–Kier alpha value is -4.00. The van der Waals surface area contributed by atoms with Crippen molar-refractivity contribution >= 4 is 23.6 Å². The summed E-state index contributed by atoms with van der Waals surface area (Å²) < 4.78 is 37.9. The van der Waals surface area contributed by atoms with Gasteiger partial charge in [0, 0.05) is 49.7 Å². The normalized spacial score (nSPS) is 17.2. The van der Waals surface area contributed by atoms with Crippen LogP contribution >= 0.6 is 0 Å². The molecule has 186 valence electrons. The Bertz CT molecular complexity index is 1150. The molecule has 0 aromatic heterocycles. The molecule has 2 amide bonds. The molecule has 0 bridgehead atoms. The number of nitro groups is 1. The zero-order valence-corrected chi connectivity index (χ0v) is 18.7. The molecular formula is C22H22F2N4O7. The molecule has 2 saturated heterocycles. The molecule has 2 aromatic carbocycles. The van der Waals surface area contributed by atoms with Crippen molar-refractivity contribution in [1.29, 1.82) is 0 Å². The Balaban J connectivity index is 1.34. The quantitative estimate of drug-likeness (QED) is 0.477. The number of non-ortho nitro benzene ring substituents is 1. The highest BCUT2D eigenvalue weighted by Gasteiger charge is 2.47. The Morgan fingerprint density at radius 1 is 1.23 bits per heavy atom. The number of hydrogen-bond donors (Lipinski definition) is 1. The maximum atomic E-state index is 13.7. The van der Waals surface area contributed by atoms with Crippen LogP contribution in [-0.2, 0) is 16.1 Å². The molecule has 0 unspecified atom stereocenters. The summed E-state index contributed by atoms with van der Waals surface area (Å²) in [7, 11) is 1.43. The molecule has 2 fully saturated rings. The molecule has 2 aliphatic rings. The summed E-state index contributed by atoms with van der Waals surface area (Å²) in [6, 6.07) is 6.80. The van der Waals surface area contributed by atoms with E-state index in [-0.39, 0.29) is 37.6 Å². The van der Waals surface area contributed by atoms with Crippen LogP contribution in [-0.4, -0.2) is 59.4 Å². The molecule has 1 spiro atoms. The van der Waals surface area contributed by atoms with Crippen LogP contribution < -0.4 is 10.1 Å². The Kier molecular flexibility index (Phi) is 6.69. The summed E-state index contributed by atoms with van der Waals surface area (Å²) in [5.74, 6) is -1.11. The molecule has 35 heavy (non-hydrogen) atoms. The summed E-state index contributed by atoms with van der Waals surface area (Å²) in [6.07, 6.45) is -0.841. The van der Waals surface area contributed by atoms with Gasteiger partial charge in [-0.2, -0.15) is 0 Å². The lowest BCUT2D eigenvalue weighted by Crippen LogP contribution is -2.47. The van der Waals surface area contributed by atoms with Gasteiger partial charge in [0.05, 0.1) is 30.8 Å². The van der Waals surface area contributed by atoms with E-state index in [0.29, 0.717) is 24.2 Å². The number of hydroxylamine groups is 2. The van der Waals surface area contributed by atoms with Crippen molar-refractivity contribution in [1.82, 2.24) is 9.96 Å². The van der Waals surface area contributed by atoms with E-state index in [1.807, 2.05) is 0 Å². The van der Waals surface area contributed by atoms with Crippen LogP contribution in [0.25, 0.3) is 0 Å². The van der Waals surface area contributed by atoms with Gasteiger partial charge in [-0.15, -0.1) is 5.06 Å². The third kappa shape index (κ3) is 5.40. The predicted octanol–water partition coefficient (Wildman–Crippen LogP) is 3.83. The van der Waals surface area contributed by atoms with Gasteiger partial charge in [0.25, 0.3) is 5.69 Å². The number of halogens is 2. The molecule has 0 aliphatic carbocycles. The largest absolute Gasteiger partial charge is 0.496 e. The summed E-state index contributed by atoms with van der Waals surface area (Å²) in [5.41, 5.74) is -0.807. The number of nitrogens with one attached hydrogen (secondary N) is 1. The first-order chi connectivity index (χ1) is 16.7. The van der Waals surface area contributed by atoms with Gasteiger partial charge >= 0.3 is 12.2 Å². The first-order valence-electron chi connectivity index (χ1n) is 10.7. The fourth-order valence-electron chi connectivity index (χ4n) is 4.11. The zero-order valence-electron chi connectivity index (χ0n) is 18.7. The van der Waals surface area contributed by atoms with Crippen molar-refractivity contribution in [3.8, 4) is 5.75 Å². The second kappa shape index (κ2) is 9.70. The third-order valence-corrected chi connectivity index (χ3v) is 5.89. The molecule has 0 saturated carbocycles. The average molecular weight is 492 g/mol. The van der Waals surface area contributed by atoms with Gasteiger partial charge in [0.15, 0.2) is 0 Å². The Labute approximate surface area is 198 Å². The van der Waals surface area contributed by atoms with Crippen LogP contribution in [0.15, 0.2) is 36.4 Å². The van der Waals surface area contributed by atoms with Crippen molar-refractivity contribution in [3.05, 3.63) is 63.7 Å². The third-order valence-electron chi connectivity index (χ3n) is 5.89. The Morgan fingerprint density at radius 2 is 1.97 bits per heavy atom. The fraction of sp³-hybridized carbons (Fsp3) is 0.364. The van der Waals surface area contributed by atoms with E-state index >= 15 is 0 Å². The lowest BCUT2D eigenvalue weighted by atomic mass is 9.92. The van der Waals surface area contributed by atoms with Crippen LogP contribution in [0.1, 0.15) is 18.4 Å². The van der Waals surface area contributed by atoms with Crippen LogP contribution in [0.5, 0.6) is 5.75 Å². The fourth-order valence-corrected chi connectivity index (χ4v) is 4.11. The van der Waals surface area contributed by atoms with Crippen molar-refractivity contribution in [3.63, 3.8) is 0 Å². The van der Waals surface area contributed by atoms with Gasteiger partial charge in [-0.3, -0.25) is 20.3 Å². The van der Waals surface area contributed by atoms with Crippen LogP contribution in [0.3, 0.4) is 0 Å². The van der Waals surface area contributed by atoms with E-state index in [1.165, 1.54) is 35.3 Å². The number of nitro benzene ring substituents is 1. The maximum Gasteiger partial charge on any atom is 0.430 e. The number of carbonyl (C=O) groups excluding carboxylic acids is 2. The van der Waals surface area contributed by atoms with E-state index in [9.17, 15) is 28.5 Å². The van der Waals surface area contributed by atoms with Gasteiger partial charge < -0.3 is 14.3 Å². The first-order valence-corrected chi connectivity index (χ1v) is 10.7. The minimum Gasteiger partial charge on any atom is -0.496 e. The molecular weight excluding hydrogens is 470 g/mol. The number of piperidine rings is 1. The van der Waals surface area contributed by atoms with Crippen LogP contribution in [0.4, 0.5) is 29.7 Å². The smallest absolute Gasteiger partial charge is 0.430 e. The summed E-state index contributed by atoms with van der Waals surface area (Å²) in [5, 5.41) is 14.6. The maximum absolute atomic E-state index is 13.7. The highest BCUT2D eigenvalue weighted by atomic mass is 19.1. The molecule has 13 heteroatoms. The van der Waals surface area contributed by atoms with Crippen LogP contribution in [0, 0.1) is 21.7 Å². The van der Waals surface area contributed by atoms with Crippen molar-refractivity contribution in [2.75, 3.05) is 32.1 Å². The number of amides is 2. The number of rotatable bonds is 6. The van der Waals surface area contributed by atoms with Crippen molar-refractivity contribution in [2.24, 2.45) is 0 Å². The lowest BCUT2D eigenvalue weighted by molar-refractivity contribution is -0.384. The molecule has 0 atom stereocenters. The standard InChI is InChI=1S/C22H22F2N4O7/c1-33-19-5-3-16(28(31)32)10-14(19)12-26-13-22(34-21(26)30)6-8-27(9-7-22)35-20(29)25-18-11-15(23)2-4-17(18)24/h2-5,10-11H,6-9,12-13H2,1H3,(H,25,29). The number of nitrogens with zero attached hydrogens (tertiary/aromatic N) is 3. The van der Waals surface area contributed by atoms with Gasteiger partial charge in [0.2, 0.25) is 0 Å². The van der Waals surface area contributed by atoms with Gasteiger partial charge in [0.1, 0.15) is 23.0 Å². The van der Waals surface area contributed by atoms with Crippen molar-refractivity contribution in [2.45, 2.75) is 25.0 Å². The summed E-state index contributed by atoms with van der Waals surface area (Å²) in [4.78, 5) is 41.8. The molecule has 2 aromatic rings. The number of hydrogen-bond acceptors (Lipinski definition) is 8. The predicted molar refractivity (Wildman–Crippen MR) is 117 cm³/mol. The second-order valence-corrected chi connectivity index (χ2v) is 8.22. The monoisotopic (exact) mass is 492 g/mol. The van der Waals surface area contributed by atoms with E-state index in [0.717, 1.165) is 18.2 Å². The second-order valence-electron chi connectivity index (χ2n) is 8.22. The topological polar surface area (TPSA) is 123 Å². The van der Waals surface area contributed by atoms with E-state index in [1.54, 1.807) is 0 Å². The number of carbonyl (C=O) groups is 2. The lowest BCUT2D eigenvalue weighted by Gasteiger charge is -2.36. The zero-order chi connectivity index (χ0) is 25.2. The highest BCUT2D eigenvalue weighted by molar-refractivity contribution is 5.84. The minimum absolute atomic E-state index is 0.0628. The van der Waals surface area contributed by atoms with Gasteiger partial charge in [-0.05, 0) is 18.2 Å². The van der Waals surface area contributed by atoms with Gasteiger partial charge in [-0.25, -0.2) is 18.4 Å². The van der Waals surface area contributed by atoms with Gasteiger partial charge in [-0.1, -0.05) is 0 Å². The first kappa shape index (κ1) is 24.1. The SMILES string of the molecule is COc1ccc([N+](=O)[O-])cc1CN1CC2(CCN(OC(=O)Nc3cc(F)ccc3F)CC2)OC1=O.